The van der Waals surface area contributed by atoms with E-state index in [1.807, 2.05) is 0 Å². The van der Waals surface area contributed by atoms with Crippen molar-refractivity contribution in [2.24, 2.45) is 5.92 Å². The zero-order valence-corrected chi connectivity index (χ0v) is 8.36. The Labute approximate surface area is 79.5 Å². The lowest BCUT2D eigenvalue weighted by Crippen LogP contribution is -2.61. The van der Waals surface area contributed by atoms with Gasteiger partial charge in [0.1, 0.15) is 0 Å². The minimum Gasteiger partial charge on any atom is -0.389 e. The Bertz CT molecular complexity index is 184. The molecule has 2 aliphatic rings. The Morgan fingerprint density at radius 3 is 3.00 bits per heavy atom. The molecule has 2 N–H and O–H groups in total. The summed E-state index contributed by atoms with van der Waals surface area (Å²) in [7, 11) is 0. The van der Waals surface area contributed by atoms with Crippen molar-refractivity contribution in [2.45, 2.75) is 51.0 Å². The van der Waals surface area contributed by atoms with Crippen LogP contribution < -0.4 is 5.32 Å². The predicted octanol–water partition coefficient (Wildman–Crippen LogP) is 0.523. The first-order valence-corrected chi connectivity index (χ1v) is 5.28. The number of aliphatic hydroxyl groups is 1. The van der Waals surface area contributed by atoms with Crippen molar-refractivity contribution in [1.29, 1.82) is 0 Å². The van der Waals surface area contributed by atoms with E-state index in [4.69, 9.17) is 4.74 Å². The molecule has 76 valence electrons. The first-order chi connectivity index (χ1) is 6.22. The van der Waals surface area contributed by atoms with Crippen LogP contribution in [0.4, 0.5) is 0 Å². The Hall–Kier alpha value is -0.120. The third-order valence-corrected chi connectivity index (χ3v) is 3.50. The van der Waals surface area contributed by atoms with E-state index >= 15 is 0 Å². The minimum atomic E-state index is -0.309. The van der Waals surface area contributed by atoms with Crippen molar-refractivity contribution in [3.8, 4) is 0 Å². The second-order valence-corrected chi connectivity index (χ2v) is 4.31. The van der Waals surface area contributed by atoms with E-state index in [1.54, 1.807) is 0 Å². The van der Waals surface area contributed by atoms with E-state index in [0.29, 0.717) is 24.7 Å². The standard InChI is InChI=1S/C10H19NO2/c1-3-7-6(2)11-8-4-10(7)13-5-9(8)12/h6-12H,3-5H2,1-2H3/t6?,7?,8-,9-,10+/m1/s1. The molecule has 0 aromatic carbocycles. The molecule has 3 nitrogen and oxygen atoms in total. The second kappa shape index (κ2) is 3.56. The number of hydrogen-bond donors (Lipinski definition) is 2. The van der Waals surface area contributed by atoms with Gasteiger partial charge in [0, 0.05) is 12.1 Å². The van der Waals surface area contributed by atoms with E-state index in [9.17, 15) is 5.11 Å². The van der Waals surface area contributed by atoms with Crippen LogP contribution in [-0.2, 0) is 4.74 Å². The van der Waals surface area contributed by atoms with E-state index in [0.717, 1.165) is 12.8 Å². The molecule has 2 bridgehead atoms. The smallest absolute Gasteiger partial charge is 0.0927 e. The molecule has 0 aromatic rings. The first kappa shape index (κ1) is 9.44. The van der Waals surface area contributed by atoms with E-state index in [-0.39, 0.29) is 12.1 Å². The van der Waals surface area contributed by atoms with Crippen LogP contribution in [0.15, 0.2) is 0 Å². The first-order valence-electron chi connectivity index (χ1n) is 5.28. The average molecular weight is 185 g/mol. The normalized spacial score (nSPS) is 50.5. The van der Waals surface area contributed by atoms with Crippen LogP contribution in [0.25, 0.3) is 0 Å². The van der Waals surface area contributed by atoms with Gasteiger partial charge >= 0.3 is 0 Å². The summed E-state index contributed by atoms with van der Waals surface area (Å²) in [5, 5.41) is 13.1. The Morgan fingerprint density at radius 1 is 1.54 bits per heavy atom. The van der Waals surface area contributed by atoms with Crippen LogP contribution in [0.3, 0.4) is 0 Å². The molecular formula is C10H19NO2. The zero-order chi connectivity index (χ0) is 9.42. The molecule has 0 saturated carbocycles. The van der Waals surface area contributed by atoms with Gasteiger partial charge < -0.3 is 15.2 Å². The van der Waals surface area contributed by atoms with Crippen LogP contribution >= 0.6 is 0 Å². The number of hydrogen-bond acceptors (Lipinski definition) is 3. The Kier molecular flexibility index (Phi) is 2.58. The van der Waals surface area contributed by atoms with Gasteiger partial charge in [0.05, 0.1) is 18.8 Å². The number of ether oxygens (including phenoxy) is 1. The highest BCUT2D eigenvalue weighted by atomic mass is 16.5. The summed E-state index contributed by atoms with van der Waals surface area (Å²) < 4.78 is 5.64. The molecule has 0 spiro atoms. The molecule has 5 atom stereocenters. The number of piperidine rings is 1. The Morgan fingerprint density at radius 2 is 2.31 bits per heavy atom. The summed E-state index contributed by atoms with van der Waals surface area (Å²) >= 11 is 0. The van der Waals surface area contributed by atoms with Gasteiger partial charge in [-0.25, -0.2) is 0 Å². The minimum absolute atomic E-state index is 0.261. The lowest BCUT2D eigenvalue weighted by atomic mass is 9.81. The third-order valence-electron chi connectivity index (χ3n) is 3.50. The van der Waals surface area contributed by atoms with Gasteiger partial charge in [0.15, 0.2) is 0 Å². The fourth-order valence-electron chi connectivity index (χ4n) is 2.69. The largest absolute Gasteiger partial charge is 0.389 e. The quantitative estimate of drug-likeness (QED) is 0.626. The summed E-state index contributed by atoms with van der Waals surface area (Å²) in [4.78, 5) is 0. The number of fused-ring (bicyclic) bond motifs is 2. The van der Waals surface area contributed by atoms with Gasteiger partial charge in [-0.05, 0) is 25.7 Å². The summed E-state index contributed by atoms with van der Waals surface area (Å²) in [6.45, 7) is 4.90. The summed E-state index contributed by atoms with van der Waals surface area (Å²) in [5.74, 6) is 0.615. The second-order valence-electron chi connectivity index (χ2n) is 4.31. The summed E-state index contributed by atoms with van der Waals surface area (Å²) in [6, 6.07) is 0.736. The molecule has 2 saturated heterocycles. The van der Waals surface area contributed by atoms with Crippen LogP contribution in [-0.4, -0.2) is 36.0 Å². The van der Waals surface area contributed by atoms with Gasteiger partial charge in [0.2, 0.25) is 0 Å². The monoisotopic (exact) mass is 185 g/mol. The van der Waals surface area contributed by atoms with Crippen molar-refractivity contribution in [1.82, 2.24) is 5.32 Å². The molecular weight excluding hydrogens is 166 g/mol. The van der Waals surface area contributed by atoms with Crippen LogP contribution in [0.5, 0.6) is 0 Å². The Balaban J connectivity index is 2.07. The lowest BCUT2D eigenvalue weighted by molar-refractivity contribution is -0.124. The number of aliphatic hydroxyl groups excluding tert-OH is 1. The van der Waals surface area contributed by atoms with Crippen LogP contribution in [0, 0.1) is 5.92 Å². The number of rotatable bonds is 1. The zero-order valence-electron chi connectivity index (χ0n) is 8.36. The van der Waals surface area contributed by atoms with Crippen molar-refractivity contribution < 1.29 is 9.84 Å². The van der Waals surface area contributed by atoms with Gasteiger partial charge in [-0.2, -0.15) is 0 Å². The fraction of sp³-hybridized carbons (Fsp3) is 1.00. The lowest BCUT2D eigenvalue weighted by Gasteiger charge is -2.46. The SMILES string of the molecule is CCC1C(C)N[C@@H]2C[C@@H]1OC[C@H]2O. The molecule has 13 heavy (non-hydrogen) atoms. The molecule has 3 heteroatoms. The summed E-state index contributed by atoms with van der Waals surface area (Å²) in [5.41, 5.74) is 0. The van der Waals surface area contributed by atoms with Crippen LogP contribution in [0.2, 0.25) is 0 Å². The maximum absolute atomic E-state index is 9.61. The number of nitrogens with one attached hydrogen (secondary N) is 1. The molecule has 2 aliphatic heterocycles. The summed E-state index contributed by atoms with van der Waals surface area (Å²) in [6.07, 6.45) is 2.19. The highest BCUT2D eigenvalue weighted by Gasteiger charge is 2.41. The maximum Gasteiger partial charge on any atom is 0.0927 e. The molecule has 2 heterocycles. The average Bonchev–Trinajstić information content (AvgIpc) is 2.12. The van der Waals surface area contributed by atoms with Crippen molar-refractivity contribution in [3.05, 3.63) is 0 Å². The topological polar surface area (TPSA) is 41.5 Å². The molecule has 0 radical (unpaired) electrons. The molecule has 2 rings (SSSR count). The third kappa shape index (κ3) is 1.60. The van der Waals surface area contributed by atoms with E-state index in [2.05, 4.69) is 19.2 Å². The van der Waals surface area contributed by atoms with Crippen molar-refractivity contribution >= 4 is 0 Å². The van der Waals surface area contributed by atoms with Crippen LogP contribution in [0.1, 0.15) is 26.7 Å². The highest BCUT2D eigenvalue weighted by molar-refractivity contribution is 4.96. The molecule has 2 unspecified atom stereocenters. The predicted molar refractivity (Wildman–Crippen MR) is 50.5 cm³/mol. The highest BCUT2D eigenvalue weighted by Crippen LogP contribution is 2.30. The molecule has 0 aromatic heterocycles. The maximum atomic E-state index is 9.61. The van der Waals surface area contributed by atoms with Gasteiger partial charge in [0.25, 0.3) is 0 Å². The van der Waals surface area contributed by atoms with Gasteiger partial charge in [-0.15, -0.1) is 0 Å². The van der Waals surface area contributed by atoms with E-state index < -0.39 is 0 Å². The molecule has 0 amide bonds. The van der Waals surface area contributed by atoms with E-state index in [1.165, 1.54) is 0 Å². The van der Waals surface area contributed by atoms with Gasteiger partial charge in [-0.1, -0.05) is 6.92 Å². The fourth-order valence-corrected chi connectivity index (χ4v) is 2.69. The van der Waals surface area contributed by atoms with Crippen molar-refractivity contribution in [3.63, 3.8) is 0 Å². The molecule has 2 fully saturated rings. The molecule has 0 aliphatic carbocycles. The van der Waals surface area contributed by atoms with Crippen molar-refractivity contribution in [2.75, 3.05) is 6.61 Å². The van der Waals surface area contributed by atoms with Gasteiger partial charge in [-0.3, -0.25) is 0 Å².